The van der Waals surface area contributed by atoms with Crippen LogP contribution in [0.3, 0.4) is 0 Å². The monoisotopic (exact) mass is 351 g/mol. The van der Waals surface area contributed by atoms with Crippen LogP contribution >= 0.6 is 12.4 Å². The highest BCUT2D eigenvalue weighted by molar-refractivity contribution is 5.85. The molecule has 2 aromatic rings. The first-order valence-electron chi connectivity index (χ1n) is 6.28. The maximum atomic E-state index is 13.7. The van der Waals surface area contributed by atoms with Crippen molar-refractivity contribution in [2.24, 2.45) is 5.73 Å². The van der Waals surface area contributed by atoms with Gasteiger partial charge in [0.1, 0.15) is 5.75 Å². The molecule has 0 aromatic heterocycles. The Labute approximate surface area is 136 Å². The molecular weight excluding hydrogens is 338 g/mol. The van der Waals surface area contributed by atoms with E-state index in [0.29, 0.717) is 5.56 Å². The molecule has 0 radical (unpaired) electrons. The third kappa shape index (κ3) is 4.49. The Bertz CT molecular complexity index is 674. The van der Waals surface area contributed by atoms with Crippen LogP contribution in [-0.2, 0) is 0 Å². The molecule has 0 saturated carbocycles. The summed E-state index contributed by atoms with van der Waals surface area (Å²) in [5.41, 5.74) is 6.75. The summed E-state index contributed by atoms with van der Waals surface area (Å²) in [6.45, 7) is 1.49. The SMILES string of the molecule is Cc1ccc([C@@H](N)c2ccc(OC(F)(F)F)cc2)c(O)c1F.Cl. The van der Waals surface area contributed by atoms with Gasteiger partial charge in [-0.15, -0.1) is 25.6 Å². The molecule has 23 heavy (non-hydrogen) atoms. The molecule has 0 aliphatic carbocycles. The van der Waals surface area contributed by atoms with Crippen LogP contribution in [-0.4, -0.2) is 11.5 Å². The Hall–Kier alpha value is -1.99. The molecule has 0 unspecified atom stereocenters. The van der Waals surface area contributed by atoms with Crippen molar-refractivity contribution in [3.05, 3.63) is 58.9 Å². The zero-order valence-electron chi connectivity index (χ0n) is 11.9. The summed E-state index contributed by atoms with van der Waals surface area (Å²) in [6, 6.07) is 6.90. The molecule has 0 saturated heterocycles. The minimum Gasteiger partial charge on any atom is -0.505 e. The quantitative estimate of drug-likeness (QED) is 0.814. The molecule has 0 amide bonds. The van der Waals surface area contributed by atoms with Crippen LogP contribution in [0.4, 0.5) is 17.6 Å². The summed E-state index contributed by atoms with van der Waals surface area (Å²) in [4.78, 5) is 0. The lowest BCUT2D eigenvalue weighted by Crippen LogP contribution is -2.17. The van der Waals surface area contributed by atoms with Gasteiger partial charge in [-0.1, -0.05) is 24.3 Å². The standard InChI is InChI=1S/C15H13F4NO2.ClH/c1-8-2-7-11(14(21)12(8)16)13(20)9-3-5-10(6-4-9)22-15(17,18)19;/h2-7,13,21H,20H2,1H3;1H/t13-;/m0./s1. The topological polar surface area (TPSA) is 55.5 Å². The number of phenolic OH excluding ortho intramolecular Hbond substituents is 1. The smallest absolute Gasteiger partial charge is 0.505 e. The van der Waals surface area contributed by atoms with Gasteiger partial charge in [-0.25, -0.2) is 4.39 Å². The lowest BCUT2D eigenvalue weighted by atomic mass is 9.97. The average Bonchev–Trinajstić information content (AvgIpc) is 2.43. The lowest BCUT2D eigenvalue weighted by molar-refractivity contribution is -0.274. The second kappa shape index (κ2) is 7.06. The molecule has 0 heterocycles. The van der Waals surface area contributed by atoms with E-state index in [2.05, 4.69) is 4.74 Å². The van der Waals surface area contributed by atoms with Crippen molar-refractivity contribution in [1.82, 2.24) is 0 Å². The van der Waals surface area contributed by atoms with E-state index in [-0.39, 0.29) is 29.3 Å². The van der Waals surface area contributed by atoms with Gasteiger partial charge in [0.25, 0.3) is 0 Å². The molecule has 3 nitrogen and oxygen atoms in total. The summed E-state index contributed by atoms with van der Waals surface area (Å²) < 4.78 is 53.7. The molecule has 126 valence electrons. The molecule has 0 aliphatic rings. The Balaban J connectivity index is 0.00000264. The van der Waals surface area contributed by atoms with Crippen LogP contribution in [0.2, 0.25) is 0 Å². The summed E-state index contributed by atoms with van der Waals surface area (Å²) in [5.74, 6) is -1.73. The molecule has 0 fully saturated rings. The van der Waals surface area contributed by atoms with Gasteiger partial charge < -0.3 is 15.6 Å². The van der Waals surface area contributed by atoms with Crippen molar-refractivity contribution in [3.63, 3.8) is 0 Å². The van der Waals surface area contributed by atoms with Gasteiger partial charge in [0.05, 0.1) is 6.04 Å². The zero-order valence-corrected chi connectivity index (χ0v) is 12.7. The first-order valence-corrected chi connectivity index (χ1v) is 6.28. The van der Waals surface area contributed by atoms with Gasteiger partial charge in [0.2, 0.25) is 0 Å². The fourth-order valence-electron chi connectivity index (χ4n) is 1.99. The minimum atomic E-state index is -4.78. The van der Waals surface area contributed by atoms with E-state index in [1.54, 1.807) is 0 Å². The largest absolute Gasteiger partial charge is 0.573 e. The van der Waals surface area contributed by atoms with Crippen LogP contribution < -0.4 is 10.5 Å². The number of hydrogen-bond donors (Lipinski definition) is 2. The number of aryl methyl sites for hydroxylation is 1. The lowest BCUT2D eigenvalue weighted by Gasteiger charge is -2.16. The summed E-state index contributed by atoms with van der Waals surface area (Å²) in [5, 5.41) is 9.79. The molecular formula is C15H14ClF4NO2. The van der Waals surface area contributed by atoms with Crippen LogP contribution in [0.15, 0.2) is 36.4 Å². The first kappa shape index (κ1) is 19.1. The van der Waals surface area contributed by atoms with Gasteiger partial charge in [-0.2, -0.15) is 0 Å². The van der Waals surface area contributed by atoms with Gasteiger partial charge in [0.15, 0.2) is 11.6 Å². The Morgan fingerprint density at radius 2 is 1.65 bits per heavy atom. The highest BCUT2D eigenvalue weighted by atomic mass is 35.5. The van der Waals surface area contributed by atoms with Crippen LogP contribution in [0, 0.1) is 12.7 Å². The second-order valence-electron chi connectivity index (χ2n) is 4.73. The zero-order chi connectivity index (χ0) is 16.5. The number of benzene rings is 2. The number of halogens is 5. The van der Waals surface area contributed by atoms with E-state index >= 15 is 0 Å². The highest BCUT2D eigenvalue weighted by Crippen LogP contribution is 2.32. The Morgan fingerprint density at radius 3 is 2.17 bits per heavy atom. The van der Waals surface area contributed by atoms with Crippen LogP contribution in [0.1, 0.15) is 22.7 Å². The number of alkyl halides is 3. The molecule has 2 rings (SSSR count). The molecule has 0 spiro atoms. The van der Waals surface area contributed by atoms with Crippen molar-refractivity contribution < 1.29 is 27.4 Å². The van der Waals surface area contributed by atoms with E-state index in [0.717, 1.165) is 12.1 Å². The first-order chi connectivity index (χ1) is 10.2. The van der Waals surface area contributed by atoms with Gasteiger partial charge >= 0.3 is 6.36 Å². The maximum absolute atomic E-state index is 13.7. The average molecular weight is 352 g/mol. The van der Waals surface area contributed by atoms with Gasteiger partial charge in [-0.3, -0.25) is 0 Å². The van der Waals surface area contributed by atoms with Gasteiger partial charge in [0, 0.05) is 5.56 Å². The predicted octanol–water partition coefficient (Wildman–Crippen LogP) is 4.21. The van der Waals surface area contributed by atoms with Crippen LogP contribution in [0.25, 0.3) is 0 Å². The van der Waals surface area contributed by atoms with E-state index in [1.807, 2.05) is 0 Å². The normalized spacial score (nSPS) is 12.4. The maximum Gasteiger partial charge on any atom is 0.573 e. The Kier molecular flexibility index (Phi) is 5.85. The molecule has 2 aromatic carbocycles. The number of hydrogen-bond acceptors (Lipinski definition) is 3. The molecule has 0 aliphatic heterocycles. The van der Waals surface area contributed by atoms with Crippen molar-refractivity contribution >= 4 is 12.4 Å². The fraction of sp³-hybridized carbons (Fsp3) is 0.200. The predicted molar refractivity (Wildman–Crippen MR) is 79.2 cm³/mol. The minimum absolute atomic E-state index is 0. The Morgan fingerprint density at radius 1 is 1.09 bits per heavy atom. The van der Waals surface area contributed by atoms with Crippen LogP contribution in [0.5, 0.6) is 11.5 Å². The van der Waals surface area contributed by atoms with E-state index in [4.69, 9.17) is 5.73 Å². The van der Waals surface area contributed by atoms with Crippen molar-refractivity contribution in [1.29, 1.82) is 0 Å². The highest BCUT2D eigenvalue weighted by Gasteiger charge is 2.31. The molecule has 0 bridgehead atoms. The number of nitrogens with two attached hydrogens (primary N) is 1. The molecule has 3 N–H and O–H groups in total. The van der Waals surface area contributed by atoms with Gasteiger partial charge in [-0.05, 0) is 30.2 Å². The molecule has 8 heteroatoms. The van der Waals surface area contributed by atoms with E-state index < -0.39 is 24.0 Å². The molecule has 1 atom stereocenters. The summed E-state index contributed by atoms with van der Waals surface area (Å²) >= 11 is 0. The second-order valence-corrected chi connectivity index (χ2v) is 4.73. The number of aromatic hydroxyl groups is 1. The van der Waals surface area contributed by atoms with Crippen molar-refractivity contribution in [3.8, 4) is 11.5 Å². The van der Waals surface area contributed by atoms with Crippen molar-refractivity contribution in [2.45, 2.75) is 19.3 Å². The summed E-state index contributed by atoms with van der Waals surface area (Å²) in [6.07, 6.45) is -4.78. The number of rotatable bonds is 3. The number of ether oxygens (including phenoxy) is 1. The van der Waals surface area contributed by atoms with E-state index in [1.165, 1.54) is 31.2 Å². The summed E-state index contributed by atoms with van der Waals surface area (Å²) in [7, 11) is 0. The third-order valence-electron chi connectivity index (χ3n) is 3.15. The third-order valence-corrected chi connectivity index (χ3v) is 3.15. The number of phenols is 1. The van der Waals surface area contributed by atoms with Crippen molar-refractivity contribution in [2.75, 3.05) is 0 Å². The fourth-order valence-corrected chi connectivity index (χ4v) is 1.99. The van der Waals surface area contributed by atoms with E-state index in [9.17, 15) is 22.7 Å².